The van der Waals surface area contributed by atoms with Crippen LogP contribution in [0.5, 0.6) is 0 Å². The van der Waals surface area contributed by atoms with Crippen molar-refractivity contribution in [3.8, 4) is 0 Å². The summed E-state index contributed by atoms with van der Waals surface area (Å²) in [5.41, 5.74) is 0. The third-order valence-electron chi connectivity index (χ3n) is 3.95. The van der Waals surface area contributed by atoms with Crippen LogP contribution in [0.2, 0.25) is 0 Å². The molecule has 2 unspecified atom stereocenters. The second-order valence-corrected chi connectivity index (χ2v) is 5.50. The molecule has 0 spiro atoms. The highest BCUT2D eigenvalue weighted by atomic mass is 15.2. The van der Waals surface area contributed by atoms with Crippen LogP contribution >= 0.6 is 0 Å². The van der Waals surface area contributed by atoms with E-state index in [0.29, 0.717) is 0 Å². The van der Waals surface area contributed by atoms with Crippen LogP contribution in [0.25, 0.3) is 0 Å². The van der Waals surface area contributed by atoms with Gasteiger partial charge in [0.25, 0.3) is 0 Å². The molecular formula is C15H25N3. The van der Waals surface area contributed by atoms with Crippen LogP contribution in [0.15, 0.2) is 18.2 Å². The van der Waals surface area contributed by atoms with Crippen LogP contribution in [0, 0.1) is 11.8 Å². The van der Waals surface area contributed by atoms with Crippen molar-refractivity contribution in [1.82, 2.24) is 4.98 Å². The number of hydrogen-bond donors (Lipinski definition) is 1. The van der Waals surface area contributed by atoms with Crippen molar-refractivity contribution in [1.29, 1.82) is 0 Å². The number of pyridine rings is 1. The quantitative estimate of drug-likeness (QED) is 0.884. The fourth-order valence-corrected chi connectivity index (χ4v) is 2.42. The van der Waals surface area contributed by atoms with E-state index in [4.69, 9.17) is 4.98 Å². The number of nitrogens with zero attached hydrogens (tertiary/aromatic N) is 2. The molecule has 1 aliphatic rings. The first kappa shape index (κ1) is 13.2. The molecule has 3 nitrogen and oxygen atoms in total. The Hall–Kier alpha value is -1.25. The highest BCUT2D eigenvalue weighted by molar-refractivity contribution is 5.47. The van der Waals surface area contributed by atoms with Gasteiger partial charge in [-0.15, -0.1) is 0 Å². The lowest BCUT2D eigenvalue weighted by molar-refractivity contribution is 0.323. The first-order valence-corrected chi connectivity index (χ1v) is 7.16. The van der Waals surface area contributed by atoms with Gasteiger partial charge < -0.3 is 10.2 Å². The number of hydrogen-bond acceptors (Lipinski definition) is 3. The number of anilines is 2. The van der Waals surface area contributed by atoms with Crippen molar-refractivity contribution < 1.29 is 0 Å². The Morgan fingerprint density at radius 1 is 1.33 bits per heavy atom. The van der Waals surface area contributed by atoms with E-state index in [9.17, 15) is 0 Å². The van der Waals surface area contributed by atoms with Gasteiger partial charge in [-0.1, -0.05) is 26.8 Å². The number of piperidine rings is 1. The minimum Gasteiger partial charge on any atom is -0.370 e. The Bertz CT molecular complexity index is 378. The fraction of sp³-hybridized carbons (Fsp3) is 0.667. The maximum Gasteiger partial charge on any atom is 0.130 e. The van der Waals surface area contributed by atoms with Gasteiger partial charge >= 0.3 is 0 Å². The van der Waals surface area contributed by atoms with Gasteiger partial charge in [0.05, 0.1) is 0 Å². The molecule has 1 aromatic heterocycles. The lowest BCUT2D eigenvalue weighted by atomic mass is 9.89. The van der Waals surface area contributed by atoms with Crippen LogP contribution in [-0.4, -0.2) is 24.6 Å². The zero-order chi connectivity index (χ0) is 13.0. The van der Waals surface area contributed by atoms with Gasteiger partial charge in [0, 0.05) is 19.6 Å². The van der Waals surface area contributed by atoms with Crippen molar-refractivity contribution in [3.63, 3.8) is 0 Å². The number of rotatable bonds is 4. The average Bonchev–Trinajstić information content (AvgIpc) is 2.40. The minimum absolute atomic E-state index is 0.757. The van der Waals surface area contributed by atoms with Crippen LogP contribution in [0.3, 0.4) is 0 Å². The van der Waals surface area contributed by atoms with E-state index in [1.165, 1.54) is 6.42 Å². The summed E-state index contributed by atoms with van der Waals surface area (Å²) >= 11 is 0. The summed E-state index contributed by atoms with van der Waals surface area (Å²) in [6, 6.07) is 6.28. The summed E-state index contributed by atoms with van der Waals surface area (Å²) in [6.45, 7) is 10.1. The molecule has 0 aromatic carbocycles. The highest BCUT2D eigenvalue weighted by Gasteiger charge is 2.23. The van der Waals surface area contributed by atoms with Crippen LogP contribution in [0.4, 0.5) is 11.6 Å². The van der Waals surface area contributed by atoms with Crippen molar-refractivity contribution in [2.24, 2.45) is 11.8 Å². The molecule has 1 saturated heterocycles. The Morgan fingerprint density at radius 2 is 2.17 bits per heavy atom. The first-order chi connectivity index (χ1) is 8.70. The summed E-state index contributed by atoms with van der Waals surface area (Å²) < 4.78 is 0. The maximum atomic E-state index is 4.71. The molecule has 2 rings (SSSR count). The SMILES string of the molecule is CCCNc1cccc(N2CCC(C)C(C)C2)n1. The number of aromatic nitrogens is 1. The third-order valence-corrected chi connectivity index (χ3v) is 3.95. The molecule has 0 aliphatic carbocycles. The summed E-state index contributed by atoms with van der Waals surface area (Å²) in [5, 5.41) is 3.36. The van der Waals surface area contributed by atoms with Gasteiger partial charge in [-0.3, -0.25) is 0 Å². The predicted octanol–water partition coefficient (Wildman–Crippen LogP) is 3.39. The van der Waals surface area contributed by atoms with E-state index in [-0.39, 0.29) is 0 Å². The zero-order valence-electron chi connectivity index (χ0n) is 11.8. The molecule has 0 bridgehead atoms. The van der Waals surface area contributed by atoms with E-state index in [2.05, 4.69) is 49.2 Å². The molecule has 0 saturated carbocycles. The lowest BCUT2D eigenvalue weighted by Gasteiger charge is -2.36. The highest BCUT2D eigenvalue weighted by Crippen LogP contribution is 2.26. The van der Waals surface area contributed by atoms with E-state index >= 15 is 0 Å². The standard InChI is InChI=1S/C15H25N3/c1-4-9-16-14-6-5-7-15(17-14)18-10-8-12(2)13(3)11-18/h5-7,12-13H,4,8-11H2,1-3H3,(H,16,17). The summed E-state index contributed by atoms with van der Waals surface area (Å²) in [4.78, 5) is 7.13. The van der Waals surface area contributed by atoms with E-state index in [0.717, 1.165) is 49.5 Å². The first-order valence-electron chi connectivity index (χ1n) is 7.16. The maximum absolute atomic E-state index is 4.71. The van der Waals surface area contributed by atoms with Gasteiger partial charge in [-0.25, -0.2) is 4.98 Å². The minimum atomic E-state index is 0.757. The zero-order valence-corrected chi connectivity index (χ0v) is 11.8. The number of nitrogens with one attached hydrogen (secondary N) is 1. The largest absolute Gasteiger partial charge is 0.370 e. The Morgan fingerprint density at radius 3 is 2.89 bits per heavy atom. The second-order valence-electron chi connectivity index (χ2n) is 5.50. The monoisotopic (exact) mass is 247 g/mol. The summed E-state index contributed by atoms with van der Waals surface area (Å²) in [6.07, 6.45) is 2.40. The predicted molar refractivity (Wildman–Crippen MR) is 78.2 cm³/mol. The molecule has 1 N–H and O–H groups in total. The molecule has 1 aliphatic heterocycles. The molecule has 0 radical (unpaired) electrons. The smallest absolute Gasteiger partial charge is 0.130 e. The second kappa shape index (κ2) is 6.07. The Kier molecular flexibility index (Phi) is 4.45. The average molecular weight is 247 g/mol. The summed E-state index contributed by atoms with van der Waals surface area (Å²) in [5.74, 6) is 3.71. The molecule has 3 heteroatoms. The van der Waals surface area contributed by atoms with Crippen LogP contribution in [0.1, 0.15) is 33.6 Å². The van der Waals surface area contributed by atoms with Gasteiger partial charge in [-0.05, 0) is 36.8 Å². The van der Waals surface area contributed by atoms with Crippen molar-refractivity contribution in [3.05, 3.63) is 18.2 Å². The molecule has 1 aromatic rings. The Balaban J connectivity index is 2.04. The van der Waals surface area contributed by atoms with Crippen LogP contribution < -0.4 is 10.2 Å². The van der Waals surface area contributed by atoms with Gasteiger partial charge in [0.2, 0.25) is 0 Å². The molecule has 2 atom stereocenters. The lowest BCUT2D eigenvalue weighted by Crippen LogP contribution is -2.38. The molecule has 1 fully saturated rings. The van der Waals surface area contributed by atoms with Crippen LogP contribution in [-0.2, 0) is 0 Å². The van der Waals surface area contributed by atoms with Crippen molar-refractivity contribution in [2.75, 3.05) is 29.9 Å². The normalized spacial score (nSPS) is 24.1. The third kappa shape index (κ3) is 3.15. The molecular weight excluding hydrogens is 222 g/mol. The summed E-state index contributed by atoms with van der Waals surface area (Å²) in [7, 11) is 0. The molecule has 18 heavy (non-hydrogen) atoms. The Labute approximate surface area is 111 Å². The topological polar surface area (TPSA) is 28.2 Å². The van der Waals surface area contributed by atoms with Gasteiger partial charge in [0.15, 0.2) is 0 Å². The van der Waals surface area contributed by atoms with Gasteiger partial charge in [0.1, 0.15) is 11.6 Å². The van der Waals surface area contributed by atoms with E-state index in [1.807, 2.05) is 0 Å². The molecule has 2 heterocycles. The molecule has 0 amide bonds. The molecule has 100 valence electrons. The van der Waals surface area contributed by atoms with E-state index < -0.39 is 0 Å². The van der Waals surface area contributed by atoms with Crippen molar-refractivity contribution in [2.45, 2.75) is 33.6 Å². The van der Waals surface area contributed by atoms with E-state index in [1.54, 1.807) is 0 Å². The van der Waals surface area contributed by atoms with Crippen molar-refractivity contribution >= 4 is 11.6 Å². The fourth-order valence-electron chi connectivity index (χ4n) is 2.42. The van der Waals surface area contributed by atoms with Gasteiger partial charge in [-0.2, -0.15) is 0 Å².